The van der Waals surface area contributed by atoms with Gasteiger partial charge >= 0.3 is 5.97 Å². The number of para-hydroxylation sites is 1. The lowest BCUT2D eigenvalue weighted by Crippen LogP contribution is -2.54. The number of aliphatic carboxylic acids is 1. The first kappa shape index (κ1) is 25.2. The van der Waals surface area contributed by atoms with Gasteiger partial charge in [0.1, 0.15) is 5.69 Å². The fourth-order valence-corrected chi connectivity index (χ4v) is 4.85. The number of fused-ring (bicyclic) bond motifs is 1. The summed E-state index contributed by atoms with van der Waals surface area (Å²) >= 11 is 0. The number of nitrogens with zero attached hydrogens (tertiary/aromatic N) is 4. The van der Waals surface area contributed by atoms with E-state index in [9.17, 15) is 9.59 Å². The minimum Gasteiger partial charge on any atom is -0.481 e. The van der Waals surface area contributed by atoms with Crippen LogP contribution in [-0.4, -0.2) is 64.1 Å². The first-order valence-electron chi connectivity index (χ1n) is 12.9. The van der Waals surface area contributed by atoms with E-state index in [4.69, 9.17) is 15.1 Å². The highest BCUT2D eigenvalue weighted by Gasteiger charge is 2.28. The second kappa shape index (κ2) is 11.3. The second-order valence-electron chi connectivity index (χ2n) is 9.54. The standard InChI is InChI=1S/C30H31N5O3/c1-21-20-34(24-11-6-3-7-12-24)17-18-35(21)30(38)23-14-15-25-26(19-23)33-29(31-16-8-13-27(36)37)28(32-25)22-9-4-2-5-10-22/h2-7,9-12,14-15,19,21H,8,13,16-18,20H2,1H3,(H,31,33)(H,36,37). The molecule has 1 fully saturated rings. The summed E-state index contributed by atoms with van der Waals surface area (Å²) < 4.78 is 0. The monoisotopic (exact) mass is 509 g/mol. The third-order valence-electron chi connectivity index (χ3n) is 6.83. The molecule has 8 heteroatoms. The largest absolute Gasteiger partial charge is 0.481 e. The molecule has 0 aliphatic carbocycles. The summed E-state index contributed by atoms with van der Waals surface area (Å²) in [5, 5.41) is 12.2. The Kier molecular flexibility index (Phi) is 7.49. The number of anilines is 2. The van der Waals surface area contributed by atoms with E-state index < -0.39 is 5.97 Å². The SMILES string of the molecule is CC1CN(c2ccccc2)CCN1C(=O)c1ccc2nc(-c3ccccc3)c(NCCCC(=O)O)nc2c1. The van der Waals surface area contributed by atoms with Gasteiger partial charge in [-0.3, -0.25) is 9.59 Å². The zero-order chi connectivity index (χ0) is 26.5. The number of aromatic nitrogens is 2. The molecule has 8 nitrogen and oxygen atoms in total. The number of carbonyl (C=O) groups excluding carboxylic acids is 1. The maximum atomic E-state index is 13.5. The van der Waals surface area contributed by atoms with Crippen molar-refractivity contribution in [3.8, 4) is 11.3 Å². The van der Waals surface area contributed by atoms with Crippen LogP contribution in [-0.2, 0) is 4.79 Å². The molecule has 2 heterocycles. The summed E-state index contributed by atoms with van der Waals surface area (Å²) in [7, 11) is 0. The smallest absolute Gasteiger partial charge is 0.303 e. The Morgan fingerprint density at radius 2 is 1.68 bits per heavy atom. The molecule has 3 aromatic carbocycles. The first-order valence-corrected chi connectivity index (χ1v) is 12.9. The van der Waals surface area contributed by atoms with Gasteiger partial charge in [0.25, 0.3) is 5.91 Å². The molecule has 1 amide bonds. The van der Waals surface area contributed by atoms with Crippen LogP contribution in [0.3, 0.4) is 0 Å². The maximum absolute atomic E-state index is 13.5. The van der Waals surface area contributed by atoms with Crippen molar-refractivity contribution in [1.82, 2.24) is 14.9 Å². The van der Waals surface area contributed by atoms with E-state index in [0.29, 0.717) is 47.6 Å². The van der Waals surface area contributed by atoms with Crippen LogP contribution in [0.15, 0.2) is 78.9 Å². The highest BCUT2D eigenvalue weighted by atomic mass is 16.4. The molecule has 1 saturated heterocycles. The van der Waals surface area contributed by atoms with Crippen molar-refractivity contribution >= 4 is 34.4 Å². The van der Waals surface area contributed by atoms with Gasteiger partial charge < -0.3 is 20.2 Å². The third kappa shape index (κ3) is 5.59. The van der Waals surface area contributed by atoms with Crippen LogP contribution in [0.4, 0.5) is 11.5 Å². The van der Waals surface area contributed by atoms with E-state index in [-0.39, 0.29) is 18.4 Å². The van der Waals surface area contributed by atoms with E-state index in [1.165, 1.54) is 5.69 Å². The predicted molar refractivity (Wildman–Crippen MR) is 149 cm³/mol. The molecule has 0 radical (unpaired) electrons. The summed E-state index contributed by atoms with van der Waals surface area (Å²) in [6, 6.07) is 25.6. The molecule has 194 valence electrons. The Hall–Kier alpha value is -4.46. The van der Waals surface area contributed by atoms with E-state index in [1.54, 1.807) is 6.07 Å². The van der Waals surface area contributed by atoms with Gasteiger partial charge in [-0.1, -0.05) is 48.5 Å². The van der Waals surface area contributed by atoms with Crippen molar-refractivity contribution in [2.45, 2.75) is 25.8 Å². The van der Waals surface area contributed by atoms with E-state index in [0.717, 1.165) is 18.7 Å². The van der Waals surface area contributed by atoms with Crippen LogP contribution in [0.1, 0.15) is 30.1 Å². The molecule has 0 saturated carbocycles. The number of benzene rings is 3. The fourth-order valence-electron chi connectivity index (χ4n) is 4.85. The van der Waals surface area contributed by atoms with Crippen molar-refractivity contribution in [2.75, 3.05) is 36.4 Å². The predicted octanol–water partition coefficient (Wildman–Crippen LogP) is 4.92. The third-order valence-corrected chi connectivity index (χ3v) is 6.83. The number of nitrogens with one attached hydrogen (secondary N) is 1. The van der Waals surface area contributed by atoms with Crippen LogP contribution in [0.5, 0.6) is 0 Å². The van der Waals surface area contributed by atoms with Crippen LogP contribution in [0, 0.1) is 0 Å². The lowest BCUT2D eigenvalue weighted by molar-refractivity contribution is -0.137. The lowest BCUT2D eigenvalue weighted by Gasteiger charge is -2.41. The molecule has 0 bridgehead atoms. The van der Waals surface area contributed by atoms with Gasteiger partial charge in [-0.2, -0.15) is 0 Å². The minimum atomic E-state index is -0.832. The average Bonchev–Trinajstić information content (AvgIpc) is 2.95. The molecule has 1 aromatic heterocycles. The number of hydrogen-bond acceptors (Lipinski definition) is 6. The van der Waals surface area contributed by atoms with E-state index in [1.807, 2.05) is 65.6 Å². The topological polar surface area (TPSA) is 98.7 Å². The Morgan fingerprint density at radius 3 is 2.39 bits per heavy atom. The fraction of sp³-hybridized carbons (Fsp3) is 0.267. The van der Waals surface area contributed by atoms with Crippen molar-refractivity contribution in [3.63, 3.8) is 0 Å². The van der Waals surface area contributed by atoms with E-state index in [2.05, 4.69) is 29.3 Å². The molecule has 2 N–H and O–H groups in total. The number of rotatable bonds is 8. The molecular weight excluding hydrogens is 478 g/mol. The van der Waals surface area contributed by atoms with Crippen molar-refractivity contribution < 1.29 is 14.7 Å². The molecule has 38 heavy (non-hydrogen) atoms. The number of piperazine rings is 1. The van der Waals surface area contributed by atoms with Crippen molar-refractivity contribution in [3.05, 3.63) is 84.4 Å². The Labute approximate surface area is 221 Å². The summed E-state index contributed by atoms with van der Waals surface area (Å²) in [6.07, 6.45) is 0.539. The maximum Gasteiger partial charge on any atom is 0.303 e. The van der Waals surface area contributed by atoms with Gasteiger partial charge in [0.15, 0.2) is 5.82 Å². The van der Waals surface area contributed by atoms with Gasteiger partial charge in [-0.25, -0.2) is 9.97 Å². The van der Waals surface area contributed by atoms with Gasteiger partial charge in [0.2, 0.25) is 0 Å². The van der Waals surface area contributed by atoms with Crippen molar-refractivity contribution in [1.29, 1.82) is 0 Å². The highest BCUT2D eigenvalue weighted by Crippen LogP contribution is 2.28. The summed E-state index contributed by atoms with van der Waals surface area (Å²) in [4.78, 5) is 38.4. The zero-order valence-corrected chi connectivity index (χ0v) is 21.4. The van der Waals surface area contributed by atoms with Gasteiger partial charge in [-0.15, -0.1) is 0 Å². The number of carboxylic acid groups (broad SMARTS) is 1. The summed E-state index contributed by atoms with van der Waals surface area (Å²) in [5.41, 5.74) is 4.66. The zero-order valence-electron chi connectivity index (χ0n) is 21.4. The van der Waals surface area contributed by atoms with Gasteiger partial charge in [-0.05, 0) is 43.7 Å². The second-order valence-corrected chi connectivity index (χ2v) is 9.54. The quantitative estimate of drug-likeness (QED) is 0.325. The Bertz CT molecular complexity index is 1430. The summed E-state index contributed by atoms with van der Waals surface area (Å²) in [6.45, 7) is 4.72. The molecule has 1 unspecified atom stereocenters. The molecule has 5 rings (SSSR count). The molecule has 1 atom stereocenters. The molecular formula is C30H31N5O3. The Morgan fingerprint density at radius 1 is 0.947 bits per heavy atom. The number of amides is 1. The van der Waals surface area contributed by atoms with E-state index >= 15 is 0 Å². The number of carbonyl (C=O) groups is 2. The first-order chi connectivity index (χ1) is 18.5. The minimum absolute atomic E-state index is 0.0167. The molecule has 4 aromatic rings. The van der Waals surface area contributed by atoms with Crippen LogP contribution < -0.4 is 10.2 Å². The highest BCUT2D eigenvalue weighted by molar-refractivity contribution is 5.98. The lowest BCUT2D eigenvalue weighted by atomic mass is 10.1. The normalized spacial score (nSPS) is 15.4. The van der Waals surface area contributed by atoms with Crippen LogP contribution in [0.2, 0.25) is 0 Å². The van der Waals surface area contributed by atoms with Gasteiger partial charge in [0, 0.05) is 55.5 Å². The molecule has 0 spiro atoms. The van der Waals surface area contributed by atoms with Crippen LogP contribution >= 0.6 is 0 Å². The van der Waals surface area contributed by atoms with Crippen molar-refractivity contribution in [2.24, 2.45) is 0 Å². The van der Waals surface area contributed by atoms with Crippen LogP contribution in [0.25, 0.3) is 22.3 Å². The average molecular weight is 510 g/mol. The van der Waals surface area contributed by atoms with Gasteiger partial charge in [0.05, 0.1) is 11.0 Å². The number of carboxylic acids is 1. The Balaban J connectivity index is 1.39. The molecule has 1 aliphatic rings. The molecule has 1 aliphatic heterocycles. The summed E-state index contributed by atoms with van der Waals surface area (Å²) in [5.74, 6) is -0.276. The number of hydrogen-bond donors (Lipinski definition) is 2.